The van der Waals surface area contributed by atoms with Gasteiger partial charge in [0.15, 0.2) is 0 Å². The first kappa shape index (κ1) is 13.4. The van der Waals surface area contributed by atoms with Gasteiger partial charge < -0.3 is 10.5 Å². The van der Waals surface area contributed by atoms with Gasteiger partial charge in [-0.2, -0.15) is 0 Å². The van der Waals surface area contributed by atoms with E-state index in [1.54, 1.807) is 19.1 Å². The average Bonchev–Trinajstić information content (AvgIpc) is 2.21. The molecule has 16 heavy (non-hydrogen) atoms. The lowest BCUT2D eigenvalue weighted by atomic mass is 10.0. The highest BCUT2D eigenvalue weighted by Gasteiger charge is 2.16. The van der Waals surface area contributed by atoms with Crippen LogP contribution < -0.4 is 5.73 Å². The van der Waals surface area contributed by atoms with Crippen LogP contribution in [0.4, 0.5) is 4.39 Å². The summed E-state index contributed by atoms with van der Waals surface area (Å²) in [7, 11) is 0. The first-order valence-corrected chi connectivity index (χ1v) is 5.98. The summed E-state index contributed by atoms with van der Waals surface area (Å²) >= 11 is 2.07. The fraction of sp³-hybridized carbons (Fsp3) is 0.364. The molecule has 3 nitrogen and oxygen atoms in total. The number of hydrogen-bond acceptors (Lipinski definition) is 3. The van der Waals surface area contributed by atoms with Gasteiger partial charge in [-0.25, -0.2) is 4.39 Å². The van der Waals surface area contributed by atoms with Crippen molar-refractivity contribution in [1.82, 2.24) is 0 Å². The van der Waals surface area contributed by atoms with Gasteiger partial charge in [0.1, 0.15) is 5.82 Å². The molecule has 0 saturated heterocycles. The van der Waals surface area contributed by atoms with Crippen LogP contribution in [0.3, 0.4) is 0 Å². The van der Waals surface area contributed by atoms with Crippen LogP contribution >= 0.6 is 22.6 Å². The van der Waals surface area contributed by atoms with E-state index in [9.17, 15) is 9.18 Å². The van der Waals surface area contributed by atoms with E-state index in [1.165, 1.54) is 6.07 Å². The fourth-order valence-corrected chi connectivity index (χ4v) is 1.82. The maximum atomic E-state index is 13.4. The summed E-state index contributed by atoms with van der Waals surface area (Å²) in [6.07, 6.45) is -0.00907. The fourth-order valence-electron chi connectivity index (χ4n) is 1.31. The third-order valence-electron chi connectivity index (χ3n) is 2.05. The Balaban J connectivity index is 2.76. The topological polar surface area (TPSA) is 52.3 Å². The number of hydrogen-bond donors (Lipinski definition) is 1. The molecule has 1 aromatic carbocycles. The van der Waals surface area contributed by atoms with Crippen LogP contribution in [0.1, 0.15) is 24.9 Å². The summed E-state index contributed by atoms with van der Waals surface area (Å²) in [5.74, 6) is -0.800. The highest BCUT2D eigenvalue weighted by atomic mass is 127. The molecule has 2 N–H and O–H groups in total. The number of carbonyl (C=O) groups excluding carboxylic acids is 1. The first-order valence-electron chi connectivity index (χ1n) is 4.90. The molecule has 88 valence electrons. The largest absolute Gasteiger partial charge is 0.466 e. The Hall–Kier alpha value is -0.690. The average molecular weight is 337 g/mol. The molecule has 0 aliphatic heterocycles. The SMILES string of the molecule is CCOC(=O)C[C@@H](N)c1cc(I)ccc1F. The Morgan fingerprint density at radius 1 is 1.62 bits per heavy atom. The van der Waals surface area contributed by atoms with Crippen LogP contribution in [0.2, 0.25) is 0 Å². The quantitative estimate of drug-likeness (QED) is 0.678. The maximum absolute atomic E-state index is 13.4. The van der Waals surface area contributed by atoms with Gasteiger partial charge in [0.05, 0.1) is 13.0 Å². The second-order valence-electron chi connectivity index (χ2n) is 3.28. The van der Waals surface area contributed by atoms with Gasteiger partial charge >= 0.3 is 5.97 Å². The van der Waals surface area contributed by atoms with Crippen LogP contribution in [0.15, 0.2) is 18.2 Å². The van der Waals surface area contributed by atoms with Crippen molar-refractivity contribution in [2.75, 3.05) is 6.61 Å². The number of esters is 1. The normalized spacial score (nSPS) is 12.2. The highest BCUT2D eigenvalue weighted by Crippen LogP contribution is 2.20. The summed E-state index contributed by atoms with van der Waals surface area (Å²) in [6, 6.07) is 3.98. The second kappa shape index (κ2) is 6.15. The molecule has 0 radical (unpaired) electrons. The molecule has 0 saturated carbocycles. The van der Waals surface area contributed by atoms with Gasteiger partial charge in [-0.3, -0.25) is 4.79 Å². The Morgan fingerprint density at radius 3 is 2.94 bits per heavy atom. The standard InChI is InChI=1S/C11H13FINO2/c1-2-16-11(15)6-10(14)8-5-7(13)3-4-9(8)12/h3-5,10H,2,6,14H2,1H3/t10-/m1/s1. The van der Waals surface area contributed by atoms with Gasteiger partial charge in [-0.1, -0.05) is 0 Å². The zero-order valence-electron chi connectivity index (χ0n) is 8.87. The molecular formula is C11H13FINO2. The van der Waals surface area contributed by atoms with Crippen LogP contribution in [0.5, 0.6) is 0 Å². The molecule has 0 bridgehead atoms. The molecule has 0 spiro atoms. The summed E-state index contributed by atoms with van der Waals surface area (Å²) in [5, 5.41) is 0. The van der Waals surface area contributed by atoms with Gasteiger partial charge in [0.2, 0.25) is 0 Å². The van der Waals surface area contributed by atoms with Crippen LogP contribution in [0.25, 0.3) is 0 Å². The molecule has 1 atom stereocenters. The van der Waals surface area contributed by atoms with E-state index < -0.39 is 17.8 Å². The summed E-state index contributed by atoms with van der Waals surface area (Å²) in [6.45, 7) is 2.02. The lowest BCUT2D eigenvalue weighted by Gasteiger charge is -2.12. The molecule has 1 aromatic rings. The molecule has 0 aliphatic carbocycles. The van der Waals surface area contributed by atoms with Crippen molar-refractivity contribution < 1.29 is 13.9 Å². The molecule has 1 rings (SSSR count). The Kier molecular flexibility index (Phi) is 5.14. The summed E-state index contributed by atoms with van der Waals surface area (Å²) in [5.41, 5.74) is 6.10. The van der Waals surface area contributed by atoms with Crippen LogP contribution in [-0.4, -0.2) is 12.6 Å². The van der Waals surface area contributed by atoms with Crippen molar-refractivity contribution in [3.8, 4) is 0 Å². The van der Waals surface area contributed by atoms with Crippen molar-refractivity contribution in [3.63, 3.8) is 0 Å². The lowest BCUT2D eigenvalue weighted by molar-refractivity contribution is -0.143. The Bertz CT molecular complexity index is 384. The number of carbonyl (C=O) groups is 1. The summed E-state index contributed by atoms with van der Waals surface area (Å²) in [4.78, 5) is 11.2. The monoisotopic (exact) mass is 337 g/mol. The predicted molar refractivity (Wildman–Crippen MR) is 67.3 cm³/mol. The van der Waals surface area contributed by atoms with Crippen LogP contribution in [0, 0.1) is 9.39 Å². The molecule has 0 aliphatic rings. The van der Waals surface area contributed by atoms with E-state index in [4.69, 9.17) is 10.5 Å². The van der Waals surface area contributed by atoms with Crippen molar-refractivity contribution >= 4 is 28.6 Å². The zero-order chi connectivity index (χ0) is 12.1. The zero-order valence-corrected chi connectivity index (χ0v) is 11.0. The molecule has 0 unspecified atom stereocenters. The number of rotatable bonds is 4. The minimum absolute atomic E-state index is 0.00907. The Morgan fingerprint density at radius 2 is 2.31 bits per heavy atom. The lowest BCUT2D eigenvalue weighted by Crippen LogP contribution is -2.18. The van der Waals surface area contributed by atoms with E-state index >= 15 is 0 Å². The van der Waals surface area contributed by atoms with E-state index in [1.807, 2.05) is 0 Å². The molecule has 0 amide bonds. The van der Waals surface area contributed by atoms with Crippen molar-refractivity contribution in [1.29, 1.82) is 0 Å². The highest BCUT2D eigenvalue weighted by molar-refractivity contribution is 14.1. The number of nitrogens with two attached hydrogens (primary N) is 1. The minimum atomic E-state index is -0.659. The van der Waals surface area contributed by atoms with Crippen molar-refractivity contribution in [3.05, 3.63) is 33.1 Å². The van der Waals surface area contributed by atoms with E-state index in [0.717, 1.165) is 3.57 Å². The molecular weight excluding hydrogens is 324 g/mol. The van der Waals surface area contributed by atoms with E-state index in [2.05, 4.69) is 22.6 Å². The number of benzene rings is 1. The summed E-state index contributed by atoms with van der Waals surface area (Å²) < 4.78 is 19.1. The Labute approximate surface area is 107 Å². The van der Waals surface area contributed by atoms with Gasteiger partial charge in [-0.05, 0) is 47.7 Å². The predicted octanol–water partition coefficient (Wildman–Crippen LogP) is 2.38. The third-order valence-corrected chi connectivity index (χ3v) is 2.72. The van der Waals surface area contributed by atoms with Gasteiger partial charge in [0, 0.05) is 15.2 Å². The van der Waals surface area contributed by atoms with E-state index in [-0.39, 0.29) is 6.42 Å². The molecule has 0 fully saturated rings. The minimum Gasteiger partial charge on any atom is -0.466 e. The van der Waals surface area contributed by atoms with E-state index in [0.29, 0.717) is 12.2 Å². The third kappa shape index (κ3) is 3.71. The van der Waals surface area contributed by atoms with Crippen molar-refractivity contribution in [2.24, 2.45) is 5.73 Å². The smallest absolute Gasteiger partial charge is 0.307 e. The number of halogens is 2. The van der Waals surface area contributed by atoms with Crippen LogP contribution in [-0.2, 0) is 9.53 Å². The van der Waals surface area contributed by atoms with Gasteiger partial charge in [0.25, 0.3) is 0 Å². The second-order valence-corrected chi connectivity index (χ2v) is 4.53. The number of ether oxygens (including phenoxy) is 1. The maximum Gasteiger partial charge on any atom is 0.307 e. The van der Waals surface area contributed by atoms with Gasteiger partial charge in [-0.15, -0.1) is 0 Å². The molecule has 0 aromatic heterocycles. The van der Waals surface area contributed by atoms with Crippen molar-refractivity contribution in [2.45, 2.75) is 19.4 Å². The molecule has 5 heteroatoms. The first-order chi connectivity index (χ1) is 7.54. The molecule has 0 heterocycles.